The predicted molar refractivity (Wildman–Crippen MR) is 76.5 cm³/mol. The Labute approximate surface area is 123 Å². The van der Waals surface area contributed by atoms with Crippen LogP contribution in [0, 0.1) is 5.92 Å². The molecule has 1 aliphatic heterocycles. The number of rotatable bonds is 5. The van der Waals surface area contributed by atoms with Gasteiger partial charge in [-0.1, -0.05) is 0 Å². The fourth-order valence-corrected chi connectivity index (χ4v) is 2.32. The highest BCUT2D eigenvalue weighted by molar-refractivity contribution is 5.90. The number of esters is 1. The number of aromatic nitrogens is 2. The van der Waals surface area contributed by atoms with Crippen molar-refractivity contribution in [1.82, 2.24) is 14.9 Å². The number of anilines is 1. The minimum Gasteiger partial charge on any atom is -0.466 e. The largest absolute Gasteiger partial charge is 0.466 e. The first-order valence-corrected chi connectivity index (χ1v) is 7.15. The van der Waals surface area contributed by atoms with Crippen LogP contribution in [-0.2, 0) is 14.3 Å². The molecule has 1 amide bonds. The van der Waals surface area contributed by atoms with Crippen LogP contribution < -0.4 is 5.32 Å². The maximum atomic E-state index is 11.9. The summed E-state index contributed by atoms with van der Waals surface area (Å²) in [7, 11) is 0. The van der Waals surface area contributed by atoms with E-state index in [9.17, 15) is 9.59 Å². The van der Waals surface area contributed by atoms with Crippen molar-refractivity contribution in [2.24, 2.45) is 5.92 Å². The van der Waals surface area contributed by atoms with Crippen molar-refractivity contribution in [3.8, 4) is 0 Å². The Morgan fingerprint density at radius 1 is 1.33 bits per heavy atom. The van der Waals surface area contributed by atoms with Crippen LogP contribution in [-0.4, -0.2) is 53.0 Å². The Morgan fingerprint density at radius 3 is 2.62 bits per heavy atom. The highest BCUT2D eigenvalue weighted by Gasteiger charge is 2.26. The lowest BCUT2D eigenvalue weighted by molar-refractivity contribution is -0.149. The third-order valence-electron chi connectivity index (χ3n) is 3.39. The lowest BCUT2D eigenvalue weighted by Crippen LogP contribution is -2.41. The van der Waals surface area contributed by atoms with Crippen LogP contribution in [0.4, 0.5) is 5.95 Å². The summed E-state index contributed by atoms with van der Waals surface area (Å²) < 4.78 is 5.02. The Hall–Kier alpha value is -2.02. The van der Waals surface area contributed by atoms with E-state index in [0.29, 0.717) is 25.6 Å². The number of carbonyl (C=O) groups excluding carboxylic acids is 2. The van der Waals surface area contributed by atoms with E-state index in [0.717, 1.165) is 12.8 Å². The van der Waals surface area contributed by atoms with Gasteiger partial charge in [-0.25, -0.2) is 9.97 Å². The molecule has 0 atom stereocenters. The minimum atomic E-state index is -0.143. The summed E-state index contributed by atoms with van der Waals surface area (Å²) >= 11 is 0. The smallest absolute Gasteiger partial charge is 0.309 e. The Balaban J connectivity index is 1.73. The molecule has 2 heterocycles. The Kier molecular flexibility index (Phi) is 5.62. The zero-order valence-corrected chi connectivity index (χ0v) is 12.1. The van der Waals surface area contributed by atoms with Gasteiger partial charge in [0, 0.05) is 12.4 Å². The molecule has 0 spiro atoms. The monoisotopic (exact) mass is 292 g/mol. The summed E-state index contributed by atoms with van der Waals surface area (Å²) in [5.74, 6) is 0.000647. The molecule has 0 unspecified atom stereocenters. The van der Waals surface area contributed by atoms with E-state index >= 15 is 0 Å². The molecule has 7 heteroatoms. The van der Waals surface area contributed by atoms with Crippen LogP contribution in [0.2, 0.25) is 0 Å². The number of hydrogen-bond donors (Lipinski definition) is 1. The average molecular weight is 292 g/mol. The molecule has 0 radical (unpaired) electrons. The van der Waals surface area contributed by atoms with Crippen molar-refractivity contribution in [3.63, 3.8) is 0 Å². The van der Waals surface area contributed by atoms with Crippen molar-refractivity contribution < 1.29 is 14.3 Å². The second-order valence-corrected chi connectivity index (χ2v) is 4.92. The number of piperidine rings is 1. The molecule has 0 aliphatic carbocycles. The number of amides is 1. The Morgan fingerprint density at radius 2 is 2.00 bits per heavy atom. The van der Waals surface area contributed by atoms with Crippen molar-refractivity contribution in [2.75, 3.05) is 31.6 Å². The van der Waals surface area contributed by atoms with Crippen molar-refractivity contribution in [3.05, 3.63) is 18.5 Å². The zero-order chi connectivity index (χ0) is 15.1. The van der Waals surface area contributed by atoms with Gasteiger partial charge in [0.2, 0.25) is 11.9 Å². The zero-order valence-electron chi connectivity index (χ0n) is 12.1. The molecule has 1 N–H and O–H groups in total. The highest BCUT2D eigenvalue weighted by atomic mass is 16.5. The van der Waals surface area contributed by atoms with Gasteiger partial charge in [0.05, 0.1) is 19.1 Å². The van der Waals surface area contributed by atoms with Gasteiger partial charge >= 0.3 is 5.97 Å². The van der Waals surface area contributed by atoms with Crippen LogP contribution >= 0.6 is 0 Å². The fourth-order valence-electron chi connectivity index (χ4n) is 2.32. The topological polar surface area (TPSA) is 84.4 Å². The summed E-state index contributed by atoms with van der Waals surface area (Å²) in [6, 6.07) is 1.69. The van der Waals surface area contributed by atoms with Gasteiger partial charge in [0.25, 0.3) is 0 Å². The summed E-state index contributed by atoms with van der Waals surface area (Å²) in [6.07, 6.45) is 4.61. The number of carbonyl (C=O) groups is 2. The van der Waals surface area contributed by atoms with Gasteiger partial charge in [-0.2, -0.15) is 0 Å². The quantitative estimate of drug-likeness (QED) is 0.804. The lowest BCUT2D eigenvalue weighted by Gasteiger charge is -2.30. The molecule has 7 nitrogen and oxygen atoms in total. The average Bonchev–Trinajstić information content (AvgIpc) is 2.49. The predicted octanol–water partition coefficient (Wildman–Crippen LogP) is 0.690. The van der Waals surface area contributed by atoms with E-state index in [2.05, 4.69) is 15.3 Å². The normalized spacial score (nSPS) is 16.4. The van der Waals surface area contributed by atoms with Gasteiger partial charge in [0.1, 0.15) is 0 Å². The molecular formula is C14H20N4O3. The van der Waals surface area contributed by atoms with E-state index in [1.807, 2.05) is 11.8 Å². The fraction of sp³-hybridized carbons (Fsp3) is 0.571. The molecule has 1 aliphatic rings. The van der Waals surface area contributed by atoms with Gasteiger partial charge in [0.15, 0.2) is 0 Å². The second-order valence-electron chi connectivity index (χ2n) is 4.92. The van der Waals surface area contributed by atoms with E-state index in [1.165, 1.54) is 0 Å². The van der Waals surface area contributed by atoms with Crippen LogP contribution in [0.5, 0.6) is 0 Å². The van der Waals surface area contributed by atoms with Gasteiger partial charge < -0.3 is 4.74 Å². The number of nitrogens with one attached hydrogen (secondary N) is 1. The summed E-state index contributed by atoms with van der Waals surface area (Å²) in [4.78, 5) is 33.4. The molecule has 1 fully saturated rings. The van der Waals surface area contributed by atoms with E-state index in [4.69, 9.17) is 4.74 Å². The van der Waals surface area contributed by atoms with E-state index < -0.39 is 0 Å². The maximum Gasteiger partial charge on any atom is 0.309 e. The van der Waals surface area contributed by atoms with Crippen LogP contribution in [0.15, 0.2) is 18.5 Å². The molecule has 1 saturated heterocycles. The van der Waals surface area contributed by atoms with Crippen LogP contribution in [0.25, 0.3) is 0 Å². The van der Waals surface area contributed by atoms with Crippen molar-refractivity contribution in [2.45, 2.75) is 19.8 Å². The third-order valence-corrected chi connectivity index (χ3v) is 3.39. The molecule has 21 heavy (non-hydrogen) atoms. The maximum absolute atomic E-state index is 11.9. The highest BCUT2D eigenvalue weighted by Crippen LogP contribution is 2.18. The van der Waals surface area contributed by atoms with Crippen molar-refractivity contribution >= 4 is 17.8 Å². The van der Waals surface area contributed by atoms with E-state index in [1.54, 1.807) is 18.5 Å². The van der Waals surface area contributed by atoms with Gasteiger partial charge in [-0.15, -0.1) is 0 Å². The van der Waals surface area contributed by atoms with Crippen LogP contribution in [0.3, 0.4) is 0 Å². The Bertz CT molecular complexity index is 472. The number of nitrogens with zero attached hydrogens (tertiary/aromatic N) is 3. The first kappa shape index (κ1) is 15.4. The number of ether oxygens (including phenoxy) is 1. The summed E-state index contributed by atoms with van der Waals surface area (Å²) in [6.45, 7) is 3.94. The second kappa shape index (κ2) is 7.68. The van der Waals surface area contributed by atoms with Crippen LogP contribution in [0.1, 0.15) is 19.8 Å². The summed E-state index contributed by atoms with van der Waals surface area (Å²) in [5, 5.41) is 2.65. The minimum absolute atomic E-state index is 0.0401. The molecule has 1 aromatic rings. The lowest BCUT2D eigenvalue weighted by atomic mass is 9.97. The molecule has 114 valence electrons. The molecule has 0 bridgehead atoms. The molecular weight excluding hydrogens is 272 g/mol. The third kappa shape index (κ3) is 4.78. The first-order chi connectivity index (χ1) is 10.2. The molecule has 1 aromatic heterocycles. The molecule has 2 rings (SSSR count). The summed E-state index contributed by atoms with van der Waals surface area (Å²) in [5.41, 5.74) is 0. The SMILES string of the molecule is CCOC(=O)C1CCN(CC(=O)Nc2ncccn2)CC1. The van der Waals surface area contributed by atoms with Gasteiger partial charge in [-0.3, -0.25) is 19.8 Å². The number of hydrogen-bond acceptors (Lipinski definition) is 6. The van der Waals surface area contributed by atoms with Gasteiger partial charge in [-0.05, 0) is 38.9 Å². The van der Waals surface area contributed by atoms with Crippen molar-refractivity contribution in [1.29, 1.82) is 0 Å². The molecule has 0 aromatic carbocycles. The van der Waals surface area contributed by atoms with E-state index in [-0.39, 0.29) is 24.3 Å². The molecule has 0 saturated carbocycles. The number of likely N-dealkylation sites (tertiary alicyclic amines) is 1. The first-order valence-electron chi connectivity index (χ1n) is 7.15. The standard InChI is InChI=1S/C14H20N4O3/c1-2-21-13(20)11-4-8-18(9-5-11)10-12(19)17-14-15-6-3-7-16-14/h3,6-7,11H,2,4-5,8-10H2,1H3,(H,15,16,17,19).